The van der Waals surface area contributed by atoms with E-state index in [0.29, 0.717) is 0 Å². The van der Waals surface area contributed by atoms with E-state index in [4.69, 9.17) is 9.57 Å². The summed E-state index contributed by atoms with van der Waals surface area (Å²) < 4.78 is 33.5. The van der Waals surface area contributed by atoms with Crippen LogP contribution in [-0.4, -0.2) is 23.8 Å². The van der Waals surface area contributed by atoms with Gasteiger partial charge in [-0.1, -0.05) is 11.2 Å². The van der Waals surface area contributed by atoms with Crippen molar-refractivity contribution in [3.63, 3.8) is 0 Å². The number of esters is 1. The monoisotopic (exact) mass is 419 g/mol. The zero-order chi connectivity index (χ0) is 21.8. The minimum Gasteiger partial charge on any atom is -0.423 e. The molecule has 6 nitrogen and oxygen atoms in total. The summed E-state index contributed by atoms with van der Waals surface area (Å²) in [6, 6.07) is 5.41. The van der Waals surface area contributed by atoms with Gasteiger partial charge in [0.2, 0.25) is 0 Å². The van der Waals surface area contributed by atoms with Gasteiger partial charge in [-0.25, -0.2) is 13.8 Å². The molecule has 0 N–H and O–H groups in total. The van der Waals surface area contributed by atoms with Crippen LogP contribution in [-0.2, 0) is 14.4 Å². The first-order valence-corrected chi connectivity index (χ1v) is 9.33. The first-order chi connectivity index (χ1) is 13.6. The molecule has 2 aromatic rings. The fraction of sp³-hybridized carbons (Fsp3) is 0.300. The minimum atomic E-state index is -0.844. The van der Waals surface area contributed by atoms with Crippen LogP contribution in [0.5, 0.6) is 0 Å². The smallest absolute Gasteiger partial charge is 0.316 e. The molecule has 1 heterocycles. The zero-order valence-electron chi connectivity index (χ0n) is 16.5. The zero-order valence-corrected chi connectivity index (χ0v) is 17.4. The normalized spacial score (nSPS) is 12.8. The third-order valence-electron chi connectivity index (χ3n) is 3.64. The van der Waals surface area contributed by atoms with Crippen LogP contribution in [0.1, 0.15) is 32.7 Å². The number of nitrogens with zero attached hydrogens (tertiary/aromatic N) is 3. The van der Waals surface area contributed by atoms with Crippen molar-refractivity contribution in [3.8, 4) is 17.3 Å². The van der Waals surface area contributed by atoms with E-state index in [9.17, 15) is 18.8 Å². The van der Waals surface area contributed by atoms with Gasteiger partial charge in [0, 0.05) is 5.38 Å². The van der Waals surface area contributed by atoms with Crippen LogP contribution in [0.3, 0.4) is 0 Å². The molecule has 29 heavy (non-hydrogen) atoms. The summed E-state index contributed by atoms with van der Waals surface area (Å²) in [5.41, 5.74) is -1.09. The molecule has 0 radical (unpaired) electrons. The van der Waals surface area contributed by atoms with Crippen molar-refractivity contribution in [2.75, 3.05) is 7.11 Å². The highest BCUT2D eigenvalue weighted by Crippen LogP contribution is 2.32. The maximum absolute atomic E-state index is 14.1. The molecule has 0 amide bonds. The van der Waals surface area contributed by atoms with Crippen molar-refractivity contribution in [1.29, 1.82) is 5.26 Å². The molecule has 0 unspecified atom stereocenters. The van der Waals surface area contributed by atoms with Crippen molar-refractivity contribution in [2.24, 2.45) is 10.6 Å². The SMILES string of the molecule is CON=C(C)C(OC(=O)C(C)(C)C)=C(C#N)c1nc(-c2c(F)cccc2F)cs1. The summed E-state index contributed by atoms with van der Waals surface area (Å²) in [4.78, 5) is 21.3. The van der Waals surface area contributed by atoms with E-state index in [1.165, 1.54) is 25.5 Å². The van der Waals surface area contributed by atoms with Gasteiger partial charge in [0.05, 0.1) is 16.7 Å². The van der Waals surface area contributed by atoms with Gasteiger partial charge in [-0.2, -0.15) is 5.26 Å². The van der Waals surface area contributed by atoms with E-state index >= 15 is 0 Å². The van der Waals surface area contributed by atoms with Gasteiger partial charge in [0.1, 0.15) is 41.1 Å². The summed E-state index contributed by atoms with van der Waals surface area (Å²) >= 11 is 0.981. The highest BCUT2D eigenvalue weighted by atomic mass is 32.1. The van der Waals surface area contributed by atoms with Gasteiger partial charge < -0.3 is 9.57 Å². The number of oxime groups is 1. The number of hydrogen-bond acceptors (Lipinski definition) is 7. The standard InChI is InChI=1S/C20H19F2N3O3S/c1-11(25-27-5)17(28-19(26)20(2,3)4)12(9-23)18-24-15(10-29-18)16-13(21)7-6-8-14(16)22/h6-8,10H,1-5H3. The fourth-order valence-electron chi connectivity index (χ4n) is 2.17. The molecular formula is C20H19F2N3O3S. The van der Waals surface area contributed by atoms with Gasteiger partial charge in [0.15, 0.2) is 5.76 Å². The second-order valence-electron chi connectivity index (χ2n) is 6.95. The number of carbonyl (C=O) groups excluding carboxylic acids is 1. The number of aromatic nitrogens is 1. The van der Waals surface area contributed by atoms with Crippen LogP contribution >= 0.6 is 11.3 Å². The molecule has 0 saturated carbocycles. The largest absolute Gasteiger partial charge is 0.423 e. The van der Waals surface area contributed by atoms with Crippen LogP contribution in [0.2, 0.25) is 0 Å². The van der Waals surface area contributed by atoms with Crippen LogP contribution in [0.25, 0.3) is 16.8 Å². The number of ether oxygens (including phenoxy) is 1. The van der Waals surface area contributed by atoms with E-state index in [-0.39, 0.29) is 33.3 Å². The van der Waals surface area contributed by atoms with Gasteiger partial charge in [-0.3, -0.25) is 4.79 Å². The van der Waals surface area contributed by atoms with Gasteiger partial charge in [0.25, 0.3) is 0 Å². The van der Waals surface area contributed by atoms with E-state index in [0.717, 1.165) is 23.5 Å². The van der Waals surface area contributed by atoms with Crippen LogP contribution in [0, 0.1) is 28.4 Å². The number of benzene rings is 1. The first kappa shape index (κ1) is 22.2. The molecule has 0 fully saturated rings. The lowest BCUT2D eigenvalue weighted by molar-refractivity contribution is -0.147. The van der Waals surface area contributed by atoms with E-state index in [1.54, 1.807) is 20.8 Å². The molecule has 0 aliphatic carbocycles. The summed E-state index contributed by atoms with van der Waals surface area (Å²) in [5.74, 6) is -2.28. The number of allylic oxidation sites excluding steroid dienone is 2. The first-order valence-electron chi connectivity index (χ1n) is 8.45. The molecule has 0 spiro atoms. The molecule has 0 bridgehead atoms. The van der Waals surface area contributed by atoms with Crippen LogP contribution in [0.15, 0.2) is 34.5 Å². The topological polar surface area (TPSA) is 84.6 Å². The quantitative estimate of drug-likeness (QED) is 0.225. The molecule has 0 aliphatic heterocycles. The van der Waals surface area contributed by atoms with Crippen LogP contribution in [0.4, 0.5) is 8.78 Å². The molecule has 9 heteroatoms. The average Bonchev–Trinajstić information content (AvgIpc) is 3.10. The Morgan fingerprint density at radius 3 is 2.41 bits per heavy atom. The third-order valence-corrected chi connectivity index (χ3v) is 4.50. The second kappa shape index (κ2) is 8.92. The Balaban J connectivity index is 2.61. The van der Waals surface area contributed by atoms with Gasteiger partial charge in [-0.15, -0.1) is 11.3 Å². The Labute approximate surface area is 171 Å². The second-order valence-corrected chi connectivity index (χ2v) is 7.81. The number of halogens is 2. The molecular weight excluding hydrogens is 400 g/mol. The Bertz CT molecular complexity index is 1010. The lowest BCUT2D eigenvalue weighted by Gasteiger charge is -2.18. The van der Waals surface area contributed by atoms with Crippen molar-refractivity contribution in [3.05, 3.63) is 46.0 Å². The van der Waals surface area contributed by atoms with Gasteiger partial charge in [-0.05, 0) is 39.8 Å². The molecule has 152 valence electrons. The average molecular weight is 419 g/mol. The molecule has 1 aromatic heterocycles. The molecule has 0 atom stereocenters. The summed E-state index contributed by atoms with van der Waals surface area (Å²) in [6.07, 6.45) is 0. The Morgan fingerprint density at radius 2 is 1.90 bits per heavy atom. The molecule has 0 aliphatic rings. The van der Waals surface area contributed by atoms with E-state index in [1.807, 2.05) is 6.07 Å². The van der Waals surface area contributed by atoms with Gasteiger partial charge >= 0.3 is 5.97 Å². The number of nitriles is 1. The maximum Gasteiger partial charge on any atom is 0.316 e. The van der Waals surface area contributed by atoms with Crippen molar-refractivity contribution < 1.29 is 23.1 Å². The van der Waals surface area contributed by atoms with E-state index in [2.05, 4.69) is 10.1 Å². The Hall–Kier alpha value is -3.12. The number of carbonyl (C=O) groups is 1. The predicted molar refractivity (Wildman–Crippen MR) is 106 cm³/mol. The Morgan fingerprint density at radius 1 is 1.28 bits per heavy atom. The summed E-state index contributed by atoms with van der Waals surface area (Å²) in [5, 5.41) is 15.0. The minimum absolute atomic E-state index is 0.0242. The maximum atomic E-state index is 14.1. The Kier molecular flexibility index (Phi) is 6.82. The third kappa shape index (κ3) is 5.03. The number of thiazole rings is 1. The predicted octanol–water partition coefficient (Wildman–Crippen LogP) is 4.93. The summed E-state index contributed by atoms with van der Waals surface area (Å²) in [7, 11) is 1.31. The van der Waals surface area contributed by atoms with Crippen molar-refractivity contribution in [2.45, 2.75) is 27.7 Å². The molecule has 1 aromatic carbocycles. The number of hydrogen-bond donors (Lipinski definition) is 0. The number of rotatable bonds is 5. The highest BCUT2D eigenvalue weighted by Gasteiger charge is 2.28. The molecule has 2 rings (SSSR count). The van der Waals surface area contributed by atoms with E-state index < -0.39 is 23.0 Å². The van der Waals surface area contributed by atoms with Crippen molar-refractivity contribution in [1.82, 2.24) is 4.98 Å². The highest BCUT2D eigenvalue weighted by molar-refractivity contribution is 7.11. The molecule has 0 saturated heterocycles. The fourth-order valence-corrected chi connectivity index (χ4v) is 2.97. The summed E-state index contributed by atoms with van der Waals surface area (Å²) in [6.45, 7) is 6.47. The van der Waals surface area contributed by atoms with Crippen LogP contribution < -0.4 is 0 Å². The lowest BCUT2D eigenvalue weighted by Crippen LogP contribution is -2.24. The lowest BCUT2D eigenvalue weighted by atomic mass is 9.97. The van der Waals surface area contributed by atoms with Crippen molar-refractivity contribution >= 4 is 28.6 Å².